The molecule has 1 aromatic rings. The first-order chi connectivity index (χ1) is 8.47. The predicted octanol–water partition coefficient (Wildman–Crippen LogP) is 1.51. The van der Waals surface area contributed by atoms with Crippen LogP contribution in [0.1, 0.15) is 37.7 Å². The van der Waals surface area contributed by atoms with Gasteiger partial charge in [0.15, 0.2) is 0 Å². The van der Waals surface area contributed by atoms with Crippen molar-refractivity contribution < 1.29 is 12.8 Å². The Balaban J connectivity index is 2.09. The first kappa shape index (κ1) is 13.6. The van der Waals surface area contributed by atoms with E-state index in [4.69, 9.17) is 10.2 Å². The van der Waals surface area contributed by atoms with Crippen molar-refractivity contribution in [3.63, 3.8) is 0 Å². The minimum Gasteiger partial charge on any atom is -0.464 e. The van der Waals surface area contributed by atoms with Gasteiger partial charge in [0.25, 0.3) is 0 Å². The molecule has 0 spiro atoms. The third-order valence-electron chi connectivity index (χ3n) is 3.30. The number of nitrogens with two attached hydrogens (primary N) is 1. The number of nitrogens with one attached hydrogen (secondary N) is 1. The lowest BCUT2D eigenvalue weighted by atomic mass is 10.2. The summed E-state index contributed by atoms with van der Waals surface area (Å²) in [6.07, 6.45) is 3.10. The molecule has 2 unspecified atom stereocenters. The molecule has 1 saturated carbocycles. The number of hydrogen-bond acceptors (Lipinski definition) is 4. The van der Waals surface area contributed by atoms with Gasteiger partial charge in [0.05, 0.1) is 6.54 Å². The maximum Gasteiger partial charge on any atom is 0.244 e. The maximum absolute atomic E-state index is 12.2. The van der Waals surface area contributed by atoms with Crippen LogP contribution in [-0.4, -0.2) is 14.5 Å². The van der Waals surface area contributed by atoms with Crippen LogP contribution >= 0.6 is 0 Å². The fourth-order valence-corrected chi connectivity index (χ4v) is 3.76. The van der Waals surface area contributed by atoms with Crippen molar-refractivity contribution in [2.75, 3.05) is 0 Å². The van der Waals surface area contributed by atoms with E-state index in [0.29, 0.717) is 17.4 Å². The first-order valence-electron chi connectivity index (χ1n) is 6.29. The molecule has 0 radical (unpaired) electrons. The monoisotopic (exact) mass is 272 g/mol. The zero-order valence-corrected chi connectivity index (χ0v) is 11.6. The number of furan rings is 1. The molecular formula is C12H20N2O3S. The van der Waals surface area contributed by atoms with E-state index in [9.17, 15) is 8.42 Å². The van der Waals surface area contributed by atoms with E-state index in [1.165, 1.54) is 6.07 Å². The molecule has 3 N–H and O–H groups in total. The van der Waals surface area contributed by atoms with Crippen LogP contribution < -0.4 is 10.5 Å². The van der Waals surface area contributed by atoms with Gasteiger partial charge >= 0.3 is 0 Å². The Hall–Kier alpha value is -0.850. The van der Waals surface area contributed by atoms with Crippen molar-refractivity contribution in [1.29, 1.82) is 0 Å². The molecule has 0 aromatic carbocycles. The molecule has 1 aliphatic carbocycles. The van der Waals surface area contributed by atoms with Gasteiger partial charge in [0, 0.05) is 12.1 Å². The topological polar surface area (TPSA) is 85.3 Å². The molecule has 6 heteroatoms. The molecule has 0 saturated heterocycles. The largest absolute Gasteiger partial charge is 0.464 e. The van der Waals surface area contributed by atoms with Gasteiger partial charge in [-0.05, 0) is 25.7 Å². The van der Waals surface area contributed by atoms with Crippen molar-refractivity contribution in [3.05, 3.63) is 17.6 Å². The second-order valence-electron chi connectivity index (χ2n) is 4.85. The Morgan fingerprint density at radius 2 is 2.28 bits per heavy atom. The third-order valence-corrected chi connectivity index (χ3v) is 4.90. The van der Waals surface area contributed by atoms with Gasteiger partial charge in [0.1, 0.15) is 16.4 Å². The fraction of sp³-hybridized carbons (Fsp3) is 0.667. The molecule has 102 valence electrons. The summed E-state index contributed by atoms with van der Waals surface area (Å²) < 4.78 is 32.4. The molecular weight excluding hydrogens is 252 g/mol. The van der Waals surface area contributed by atoms with Gasteiger partial charge in [-0.25, -0.2) is 13.1 Å². The van der Waals surface area contributed by atoms with E-state index in [0.717, 1.165) is 19.3 Å². The van der Waals surface area contributed by atoms with E-state index in [2.05, 4.69) is 11.6 Å². The van der Waals surface area contributed by atoms with E-state index in [-0.39, 0.29) is 17.5 Å². The van der Waals surface area contributed by atoms with E-state index in [1.807, 2.05) is 0 Å². The van der Waals surface area contributed by atoms with E-state index in [1.54, 1.807) is 6.92 Å². The lowest BCUT2D eigenvalue weighted by Crippen LogP contribution is -2.27. The van der Waals surface area contributed by atoms with Crippen molar-refractivity contribution in [2.24, 2.45) is 11.7 Å². The molecule has 0 bridgehead atoms. The fourth-order valence-electron chi connectivity index (χ4n) is 2.24. The van der Waals surface area contributed by atoms with Crippen molar-refractivity contribution in [2.45, 2.75) is 50.6 Å². The molecule has 0 aliphatic heterocycles. The van der Waals surface area contributed by atoms with Crippen LogP contribution in [-0.2, 0) is 16.6 Å². The molecule has 18 heavy (non-hydrogen) atoms. The van der Waals surface area contributed by atoms with Crippen LogP contribution in [0.4, 0.5) is 0 Å². The molecule has 1 fully saturated rings. The number of aryl methyl sites for hydroxylation is 1. The van der Waals surface area contributed by atoms with Gasteiger partial charge in [-0.15, -0.1) is 0 Å². The van der Waals surface area contributed by atoms with Crippen LogP contribution in [0.2, 0.25) is 0 Å². The summed E-state index contributed by atoms with van der Waals surface area (Å²) in [5.74, 6) is 1.38. The normalized spacial score (nSPS) is 23.3. The van der Waals surface area contributed by atoms with Gasteiger partial charge in [-0.2, -0.15) is 0 Å². The van der Waals surface area contributed by atoms with Gasteiger partial charge in [0.2, 0.25) is 10.0 Å². The SMILES string of the molecule is CCCC1CC1NS(=O)(=O)c1cc(CN)oc1C. The highest BCUT2D eigenvalue weighted by atomic mass is 32.2. The Morgan fingerprint density at radius 1 is 1.56 bits per heavy atom. The molecule has 1 aliphatic rings. The second kappa shape index (κ2) is 5.03. The van der Waals surface area contributed by atoms with Gasteiger partial charge in [-0.3, -0.25) is 0 Å². The maximum atomic E-state index is 12.2. The lowest BCUT2D eigenvalue weighted by Gasteiger charge is -2.04. The summed E-state index contributed by atoms with van der Waals surface area (Å²) in [4.78, 5) is 0.213. The summed E-state index contributed by atoms with van der Waals surface area (Å²) in [6, 6.07) is 1.60. The Morgan fingerprint density at radius 3 is 2.83 bits per heavy atom. The highest BCUT2D eigenvalue weighted by Gasteiger charge is 2.39. The second-order valence-corrected chi connectivity index (χ2v) is 6.53. The molecule has 2 atom stereocenters. The minimum atomic E-state index is -3.47. The predicted molar refractivity (Wildman–Crippen MR) is 68.5 cm³/mol. The average Bonchev–Trinajstić information content (AvgIpc) is 2.88. The number of hydrogen-bond donors (Lipinski definition) is 2. The molecule has 1 aromatic heterocycles. The lowest BCUT2D eigenvalue weighted by molar-refractivity contribution is 0.478. The van der Waals surface area contributed by atoms with Crippen LogP contribution in [0, 0.1) is 12.8 Å². The van der Waals surface area contributed by atoms with Crippen molar-refractivity contribution in [3.8, 4) is 0 Å². The summed E-state index contributed by atoms with van der Waals surface area (Å²) in [7, 11) is -3.47. The Kier molecular flexibility index (Phi) is 3.79. The average molecular weight is 272 g/mol. The molecule has 1 heterocycles. The number of rotatable bonds is 6. The van der Waals surface area contributed by atoms with Crippen LogP contribution in [0.3, 0.4) is 0 Å². The third kappa shape index (κ3) is 2.76. The number of sulfonamides is 1. The quantitative estimate of drug-likeness (QED) is 0.822. The Labute approximate surface area is 108 Å². The highest BCUT2D eigenvalue weighted by Crippen LogP contribution is 2.36. The zero-order valence-electron chi connectivity index (χ0n) is 10.8. The molecule has 2 rings (SSSR count). The standard InChI is InChI=1S/C12H20N2O3S/c1-3-4-9-5-11(9)14-18(15,16)12-6-10(7-13)17-8(12)2/h6,9,11,14H,3-5,7,13H2,1-2H3. The van der Waals surface area contributed by atoms with Crippen molar-refractivity contribution >= 4 is 10.0 Å². The first-order valence-corrected chi connectivity index (χ1v) is 7.78. The summed E-state index contributed by atoms with van der Waals surface area (Å²) in [5, 5.41) is 0. The highest BCUT2D eigenvalue weighted by molar-refractivity contribution is 7.89. The van der Waals surface area contributed by atoms with Crippen LogP contribution in [0.5, 0.6) is 0 Å². The summed E-state index contributed by atoms with van der Waals surface area (Å²) >= 11 is 0. The van der Waals surface area contributed by atoms with E-state index < -0.39 is 10.0 Å². The smallest absolute Gasteiger partial charge is 0.244 e. The zero-order chi connectivity index (χ0) is 13.3. The minimum absolute atomic E-state index is 0.0885. The van der Waals surface area contributed by atoms with Crippen LogP contribution in [0.25, 0.3) is 0 Å². The van der Waals surface area contributed by atoms with E-state index >= 15 is 0 Å². The summed E-state index contributed by atoms with van der Waals surface area (Å²) in [5.41, 5.74) is 5.44. The molecule has 5 nitrogen and oxygen atoms in total. The van der Waals surface area contributed by atoms with Crippen molar-refractivity contribution in [1.82, 2.24) is 4.72 Å². The van der Waals surface area contributed by atoms with Crippen LogP contribution in [0.15, 0.2) is 15.4 Å². The summed E-state index contributed by atoms with van der Waals surface area (Å²) in [6.45, 7) is 3.96. The van der Waals surface area contributed by atoms with Gasteiger partial charge in [-0.1, -0.05) is 13.3 Å². The Bertz CT molecular complexity index is 521. The molecule has 0 amide bonds. The van der Waals surface area contributed by atoms with Gasteiger partial charge < -0.3 is 10.2 Å².